The Bertz CT molecular complexity index is 405. The normalized spacial score (nSPS) is 28.9. The fourth-order valence-corrected chi connectivity index (χ4v) is 3.92. The van der Waals surface area contributed by atoms with Crippen LogP contribution in [0.5, 0.6) is 0 Å². The van der Waals surface area contributed by atoms with Gasteiger partial charge in [0.2, 0.25) is 0 Å². The Balaban J connectivity index is 2.31. The molecule has 0 saturated heterocycles. The van der Waals surface area contributed by atoms with Crippen LogP contribution in [0.3, 0.4) is 0 Å². The van der Waals surface area contributed by atoms with E-state index in [1.807, 2.05) is 13.8 Å². The van der Waals surface area contributed by atoms with Crippen LogP contribution in [0.4, 0.5) is 0 Å². The van der Waals surface area contributed by atoms with Gasteiger partial charge in [-0.15, -0.1) is 0 Å². The zero-order chi connectivity index (χ0) is 15.4. The topological polar surface area (TPSA) is 27.7 Å². The molecular weight excluding hydrogens is 264 g/mol. The molecule has 3 nitrogen and oxygen atoms in total. The van der Waals surface area contributed by atoms with Crippen LogP contribution in [-0.2, 0) is 14.2 Å². The van der Waals surface area contributed by atoms with Crippen molar-refractivity contribution in [2.45, 2.75) is 53.2 Å². The van der Waals surface area contributed by atoms with Gasteiger partial charge in [0.25, 0.3) is 0 Å². The van der Waals surface area contributed by atoms with Crippen LogP contribution in [0, 0.1) is 17.8 Å². The third-order valence-electron chi connectivity index (χ3n) is 4.68. The van der Waals surface area contributed by atoms with E-state index in [-0.39, 0.29) is 6.29 Å². The zero-order valence-corrected chi connectivity index (χ0v) is 14.1. The van der Waals surface area contributed by atoms with Crippen molar-refractivity contribution in [2.75, 3.05) is 20.3 Å². The zero-order valence-electron chi connectivity index (χ0n) is 14.1. The summed E-state index contributed by atoms with van der Waals surface area (Å²) < 4.78 is 17.5. The van der Waals surface area contributed by atoms with E-state index in [0.29, 0.717) is 31.0 Å². The molecule has 120 valence electrons. The van der Waals surface area contributed by atoms with Gasteiger partial charge >= 0.3 is 0 Å². The minimum Gasteiger partial charge on any atom is -0.501 e. The predicted molar refractivity (Wildman–Crippen MR) is 84.8 cm³/mol. The first-order valence-corrected chi connectivity index (χ1v) is 8.37. The summed E-state index contributed by atoms with van der Waals surface area (Å²) in [7, 11) is 1.81. The Labute approximate surface area is 129 Å². The van der Waals surface area contributed by atoms with Gasteiger partial charge in [-0.1, -0.05) is 19.9 Å². The molecule has 3 atom stereocenters. The first-order valence-electron chi connectivity index (χ1n) is 8.37. The van der Waals surface area contributed by atoms with Crippen molar-refractivity contribution in [3.05, 3.63) is 23.0 Å². The number of fused-ring (bicyclic) bond motifs is 1. The van der Waals surface area contributed by atoms with E-state index in [2.05, 4.69) is 19.9 Å². The van der Waals surface area contributed by atoms with Gasteiger partial charge in [-0.2, -0.15) is 0 Å². The quantitative estimate of drug-likeness (QED) is 0.655. The molecule has 0 radical (unpaired) electrons. The lowest BCUT2D eigenvalue weighted by molar-refractivity contribution is -0.172. The van der Waals surface area contributed by atoms with Gasteiger partial charge in [0.15, 0.2) is 6.29 Å². The van der Waals surface area contributed by atoms with Gasteiger partial charge in [-0.25, -0.2) is 0 Å². The SMILES string of the molecule is CCOC(OCC)C1CC2=CC(C)CC(OC)=C2C1CC. The molecule has 2 rings (SSSR count). The highest BCUT2D eigenvalue weighted by atomic mass is 16.7. The molecule has 0 N–H and O–H groups in total. The molecule has 0 heterocycles. The summed E-state index contributed by atoms with van der Waals surface area (Å²) in [5, 5.41) is 0. The highest BCUT2D eigenvalue weighted by Crippen LogP contribution is 2.49. The summed E-state index contributed by atoms with van der Waals surface area (Å²) in [6.07, 6.45) is 5.50. The molecule has 3 unspecified atom stereocenters. The van der Waals surface area contributed by atoms with Crippen LogP contribution in [0.2, 0.25) is 0 Å². The van der Waals surface area contributed by atoms with E-state index in [4.69, 9.17) is 14.2 Å². The first-order chi connectivity index (χ1) is 10.2. The molecule has 1 fully saturated rings. The lowest BCUT2D eigenvalue weighted by Gasteiger charge is -2.28. The maximum atomic E-state index is 5.89. The maximum absolute atomic E-state index is 5.89. The minimum atomic E-state index is -0.0997. The largest absolute Gasteiger partial charge is 0.501 e. The molecule has 0 spiro atoms. The Hall–Kier alpha value is -0.800. The number of rotatable bonds is 7. The second kappa shape index (κ2) is 7.46. The Morgan fingerprint density at radius 2 is 1.81 bits per heavy atom. The van der Waals surface area contributed by atoms with E-state index in [1.54, 1.807) is 7.11 Å². The van der Waals surface area contributed by atoms with Crippen LogP contribution in [0.25, 0.3) is 0 Å². The smallest absolute Gasteiger partial charge is 0.161 e. The van der Waals surface area contributed by atoms with Crippen LogP contribution in [0.15, 0.2) is 23.0 Å². The molecular formula is C18H30O3. The van der Waals surface area contributed by atoms with E-state index in [9.17, 15) is 0 Å². The Morgan fingerprint density at radius 1 is 1.14 bits per heavy atom. The fourth-order valence-electron chi connectivity index (χ4n) is 3.92. The molecule has 3 heteroatoms. The highest BCUT2D eigenvalue weighted by Gasteiger charge is 2.42. The average molecular weight is 294 g/mol. The molecule has 0 aromatic rings. The van der Waals surface area contributed by atoms with Crippen molar-refractivity contribution in [1.29, 1.82) is 0 Å². The lowest BCUT2D eigenvalue weighted by Crippen LogP contribution is -2.30. The number of hydrogen-bond donors (Lipinski definition) is 0. The van der Waals surface area contributed by atoms with E-state index in [0.717, 1.165) is 19.3 Å². The average Bonchev–Trinajstić information content (AvgIpc) is 2.84. The van der Waals surface area contributed by atoms with E-state index in [1.165, 1.54) is 16.9 Å². The number of ether oxygens (including phenoxy) is 3. The number of allylic oxidation sites excluding steroid dienone is 4. The molecule has 0 amide bonds. The minimum absolute atomic E-state index is 0.0997. The van der Waals surface area contributed by atoms with Crippen molar-refractivity contribution < 1.29 is 14.2 Å². The Morgan fingerprint density at radius 3 is 2.33 bits per heavy atom. The van der Waals surface area contributed by atoms with Gasteiger partial charge in [0.1, 0.15) is 0 Å². The van der Waals surface area contributed by atoms with Gasteiger partial charge in [0, 0.05) is 25.6 Å². The summed E-state index contributed by atoms with van der Waals surface area (Å²) in [5.74, 6) is 2.64. The van der Waals surface area contributed by atoms with Gasteiger partial charge in [0.05, 0.1) is 12.9 Å². The molecule has 1 saturated carbocycles. The molecule has 21 heavy (non-hydrogen) atoms. The van der Waals surface area contributed by atoms with E-state index >= 15 is 0 Å². The summed E-state index contributed by atoms with van der Waals surface area (Å²) >= 11 is 0. The summed E-state index contributed by atoms with van der Waals surface area (Å²) in [6.45, 7) is 9.99. The molecule has 2 aliphatic rings. The van der Waals surface area contributed by atoms with E-state index < -0.39 is 0 Å². The Kier molecular flexibility index (Phi) is 5.88. The van der Waals surface area contributed by atoms with Gasteiger partial charge in [-0.05, 0) is 49.7 Å². The van der Waals surface area contributed by atoms with Crippen LogP contribution in [-0.4, -0.2) is 26.6 Å². The van der Waals surface area contributed by atoms with Gasteiger partial charge < -0.3 is 14.2 Å². The summed E-state index contributed by atoms with van der Waals surface area (Å²) in [5.41, 5.74) is 2.90. The molecule has 0 aromatic heterocycles. The number of hydrogen-bond acceptors (Lipinski definition) is 3. The summed E-state index contributed by atoms with van der Waals surface area (Å²) in [6, 6.07) is 0. The van der Waals surface area contributed by atoms with Gasteiger partial charge in [-0.3, -0.25) is 0 Å². The van der Waals surface area contributed by atoms with Crippen molar-refractivity contribution in [1.82, 2.24) is 0 Å². The standard InChI is InChI=1S/C18H30O3/c1-6-14-15(18(20-7-2)21-8-3)11-13-9-12(4)10-16(19-5)17(13)14/h9,12,14-15,18H,6-8,10-11H2,1-5H3. The van der Waals surface area contributed by atoms with Crippen molar-refractivity contribution in [2.24, 2.45) is 17.8 Å². The lowest BCUT2D eigenvalue weighted by atomic mass is 9.85. The highest BCUT2D eigenvalue weighted by molar-refractivity contribution is 5.44. The molecule has 0 aliphatic heterocycles. The second-order valence-corrected chi connectivity index (χ2v) is 6.08. The van der Waals surface area contributed by atoms with Crippen molar-refractivity contribution in [3.8, 4) is 0 Å². The molecule has 2 aliphatic carbocycles. The summed E-state index contributed by atoms with van der Waals surface area (Å²) in [4.78, 5) is 0. The van der Waals surface area contributed by atoms with Crippen LogP contribution < -0.4 is 0 Å². The predicted octanol–water partition coefficient (Wildman–Crippen LogP) is 4.30. The molecule has 0 bridgehead atoms. The fraction of sp³-hybridized carbons (Fsp3) is 0.778. The van der Waals surface area contributed by atoms with Crippen LogP contribution >= 0.6 is 0 Å². The first kappa shape index (κ1) is 16.6. The molecule has 0 aromatic carbocycles. The third-order valence-corrected chi connectivity index (χ3v) is 4.68. The van der Waals surface area contributed by atoms with Crippen LogP contribution in [0.1, 0.15) is 47.0 Å². The third kappa shape index (κ3) is 3.35. The maximum Gasteiger partial charge on any atom is 0.161 e. The van der Waals surface area contributed by atoms with Crippen molar-refractivity contribution in [3.63, 3.8) is 0 Å². The number of methoxy groups -OCH3 is 1. The van der Waals surface area contributed by atoms with Crippen molar-refractivity contribution >= 4 is 0 Å². The monoisotopic (exact) mass is 294 g/mol. The second-order valence-electron chi connectivity index (χ2n) is 6.08.